The summed E-state index contributed by atoms with van der Waals surface area (Å²) in [5, 5.41) is 11.9. The van der Waals surface area contributed by atoms with Crippen LogP contribution < -0.4 is 10.1 Å². The number of carbonyl (C=O) groups is 2. The summed E-state index contributed by atoms with van der Waals surface area (Å²) >= 11 is 6.01. The van der Waals surface area contributed by atoms with Gasteiger partial charge in [-0.1, -0.05) is 30.7 Å². The van der Waals surface area contributed by atoms with Gasteiger partial charge in [0.05, 0.1) is 11.6 Å². The van der Waals surface area contributed by atoms with Crippen LogP contribution in [-0.4, -0.2) is 23.1 Å². The van der Waals surface area contributed by atoms with E-state index in [1.165, 1.54) is 12.1 Å². The predicted molar refractivity (Wildman–Crippen MR) is 83.7 cm³/mol. The molecule has 1 heterocycles. The fraction of sp³-hybridized carbons (Fsp3) is 0.250. The van der Waals surface area contributed by atoms with Gasteiger partial charge in [0, 0.05) is 0 Å². The molecule has 23 heavy (non-hydrogen) atoms. The second-order valence-corrected chi connectivity index (χ2v) is 5.14. The highest BCUT2D eigenvalue weighted by atomic mass is 35.5. The predicted octanol–water partition coefficient (Wildman–Crippen LogP) is 3.11. The molecule has 0 saturated carbocycles. The standard InChI is InChI=1S/C16H16ClNO5/c1-2-12(23-13-6-4-3-5-11(13)17)15(19)18-9-10-7-8-14(22-10)16(20)21/h3-8,12H,2,9H2,1H3,(H,18,19)(H,20,21). The van der Waals surface area contributed by atoms with E-state index in [-0.39, 0.29) is 18.2 Å². The van der Waals surface area contributed by atoms with E-state index in [0.717, 1.165) is 0 Å². The molecule has 6 nitrogen and oxygen atoms in total. The van der Waals surface area contributed by atoms with Gasteiger partial charge in [0.15, 0.2) is 6.10 Å². The van der Waals surface area contributed by atoms with E-state index in [4.69, 9.17) is 25.9 Å². The molecule has 122 valence electrons. The number of carbonyl (C=O) groups excluding carboxylic acids is 1. The first kappa shape index (κ1) is 16.9. The van der Waals surface area contributed by atoms with Gasteiger partial charge in [0.2, 0.25) is 5.76 Å². The maximum atomic E-state index is 12.2. The summed E-state index contributed by atoms with van der Waals surface area (Å²) in [6.45, 7) is 1.89. The average Bonchev–Trinajstić information content (AvgIpc) is 3.01. The lowest BCUT2D eigenvalue weighted by molar-refractivity contribution is -0.128. The van der Waals surface area contributed by atoms with Crippen LogP contribution >= 0.6 is 11.6 Å². The number of halogens is 1. The van der Waals surface area contributed by atoms with Crippen LogP contribution in [0.2, 0.25) is 5.02 Å². The third kappa shape index (κ3) is 4.50. The Morgan fingerprint density at radius 3 is 2.65 bits per heavy atom. The zero-order valence-electron chi connectivity index (χ0n) is 12.4. The minimum absolute atomic E-state index is 0.0779. The number of benzene rings is 1. The molecule has 2 aromatic rings. The molecule has 0 fully saturated rings. The number of nitrogens with one attached hydrogen (secondary N) is 1. The summed E-state index contributed by atoms with van der Waals surface area (Å²) in [4.78, 5) is 22.9. The van der Waals surface area contributed by atoms with E-state index in [1.54, 1.807) is 24.3 Å². The molecule has 0 aliphatic carbocycles. The van der Waals surface area contributed by atoms with E-state index in [2.05, 4.69) is 5.32 Å². The second kappa shape index (κ2) is 7.69. The Morgan fingerprint density at radius 1 is 1.30 bits per heavy atom. The number of aromatic carboxylic acids is 1. The Hall–Kier alpha value is -2.47. The number of para-hydroxylation sites is 1. The highest BCUT2D eigenvalue weighted by Gasteiger charge is 2.19. The van der Waals surface area contributed by atoms with Crippen LogP contribution in [-0.2, 0) is 11.3 Å². The minimum atomic E-state index is -1.16. The molecule has 0 bridgehead atoms. The Morgan fingerprint density at radius 2 is 2.04 bits per heavy atom. The topological polar surface area (TPSA) is 88.8 Å². The van der Waals surface area contributed by atoms with Crippen molar-refractivity contribution in [1.29, 1.82) is 0 Å². The number of furan rings is 1. The molecule has 1 aromatic carbocycles. The Bertz CT molecular complexity index is 697. The quantitative estimate of drug-likeness (QED) is 0.810. The van der Waals surface area contributed by atoms with Crippen LogP contribution in [0.25, 0.3) is 0 Å². The van der Waals surface area contributed by atoms with Gasteiger partial charge in [-0.25, -0.2) is 4.79 Å². The van der Waals surface area contributed by atoms with Crippen LogP contribution in [0.3, 0.4) is 0 Å². The fourth-order valence-electron chi connectivity index (χ4n) is 1.89. The van der Waals surface area contributed by atoms with Crippen LogP contribution in [0.4, 0.5) is 0 Å². The normalized spacial score (nSPS) is 11.7. The molecule has 0 aliphatic heterocycles. The number of rotatable bonds is 7. The Balaban J connectivity index is 1.94. The zero-order chi connectivity index (χ0) is 16.8. The highest BCUT2D eigenvalue weighted by molar-refractivity contribution is 6.32. The maximum absolute atomic E-state index is 12.2. The number of carboxylic acids is 1. The smallest absolute Gasteiger partial charge is 0.371 e. The van der Waals surface area contributed by atoms with Crippen molar-refractivity contribution in [2.24, 2.45) is 0 Å². The van der Waals surface area contributed by atoms with Gasteiger partial charge in [-0.05, 0) is 30.7 Å². The summed E-state index contributed by atoms with van der Waals surface area (Å²) in [7, 11) is 0. The molecule has 1 amide bonds. The van der Waals surface area contributed by atoms with E-state index in [0.29, 0.717) is 23.0 Å². The van der Waals surface area contributed by atoms with Crippen LogP contribution in [0.5, 0.6) is 5.75 Å². The van der Waals surface area contributed by atoms with Gasteiger partial charge in [-0.15, -0.1) is 0 Å². The van der Waals surface area contributed by atoms with Crippen LogP contribution in [0.15, 0.2) is 40.8 Å². The first-order valence-electron chi connectivity index (χ1n) is 7.02. The van der Waals surface area contributed by atoms with Crippen molar-refractivity contribution in [1.82, 2.24) is 5.32 Å². The number of carboxylic acid groups (broad SMARTS) is 1. The molecule has 7 heteroatoms. The number of amides is 1. The molecule has 2 rings (SSSR count). The molecule has 0 saturated heterocycles. The van der Waals surface area contributed by atoms with Gasteiger partial charge in [0.25, 0.3) is 5.91 Å². The lowest BCUT2D eigenvalue weighted by Gasteiger charge is -2.17. The molecule has 1 unspecified atom stereocenters. The lowest BCUT2D eigenvalue weighted by atomic mass is 10.2. The van der Waals surface area contributed by atoms with Gasteiger partial charge < -0.3 is 19.6 Å². The number of hydrogen-bond donors (Lipinski definition) is 2. The van der Waals surface area contributed by atoms with Crippen LogP contribution in [0.1, 0.15) is 29.7 Å². The third-order valence-corrected chi connectivity index (χ3v) is 3.39. The fourth-order valence-corrected chi connectivity index (χ4v) is 2.07. The van der Waals surface area contributed by atoms with Crippen molar-refractivity contribution in [2.75, 3.05) is 0 Å². The first-order valence-corrected chi connectivity index (χ1v) is 7.40. The van der Waals surface area contributed by atoms with Gasteiger partial charge in [-0.3, -0.25) is 4.79 Å². The van der Waals surface area contributed by atoms with E-state index < -0.39 is 12.1 Å². The van der Waals surface area contributed by atoms with Crippen molar-refractivity contribution in [2.45, 2.75) is 26.0 Å². The molecule has 0 spiro atoms. The van der Waals surface area contributed by atoms with Crippen molar-refractivity contribution in [3.63, 3.8) is 0 Å². The molecular formula is C16H16ClNO5. The Kier molecular flexibility index (Phi) is 5.65. The van der Waals surface area contributed by atoms with E-state index in [1.807, 2.05) is 6.92 Å². The van der Waals surface area contributed by atoms with Crippen molar-refractivity contribution < 1.29 is 23.8 Å². The van der Waals surface area contributed by atoms with Gasteiger partial charge in [-0.2, -0.15) is 0 Å². The Labute approximate surface area is 138 Å². The molecule has 0 aliphatic rings. The van der Waals surface area contributed by atoms with Crippen molar-refractivity contribution in [3.05, 3.63) is 52.9 Å². The summed E-state index contributed by atoms with van der Waals surface area (Å²) < 4.78 is 10.7. The lowest BCUT2D eigenvalue weighted by Crippen LogP contribution is -2.37. The molecule has 1 atom stereocenters. The summed E-state index contributed by atoms with van der Waals surface area (Å²) in [5.74, 6) is -0.879. The van der Waals surface area contributed by atoms with E-state index >= 15 is 0 Å². The summed E-state index contributed by atoms with van der Waals surface area (Å²) in [6, 6.07) is 9.73. The van der Waals surface area contributed by atoms with Crippen molar-refractivity contribution >= 4 is 23.5 Å². The van der Waals surface area contributed by atoms with E-state index in [9.17, 15) is 9.59 Å². The SMILES string of the molecule is CCC(Oc1ccccc1Cl)C(=O)NCc1ccc(C(=O)O)o1. The highest BCUT2D eigenvalue weighted by Crippen LogP contribution is 2.24. The average molecular weight is 338 g/mol. The van der Waals surface area contributed by atoms with Gasteiger partial charge >= 0.3 is 5.97 Å². The minimum Gasteiger partial charge on any atom is -0.479 e. The monoisotopic (exact) mass is 337 g/mol. The molecular weight excluding hydrogens is 322 g/mol. The first-order chi connectivity index (χ1) is 11.0. The number of hydrogen-bond acceptors (Lipinski definition) is 4. The number of ether oxygens (including phenoxy) is 1. The van der Waals surface area contributed by atoms with Crippen molar-refractivity contribution in [3.8, 4) is 5.75 Å². The summed E-state index contributed by atoms with van der Waals surface area (Å²) in [6.07, 6.45) is -0.251. The maximum Gasteiger partial charge on any atom is 0.371 e. The third-order valence-electron chi connectivity index (χ3n) is 3.08. The molecule has 1 aromatic heterocycles. The largest absolute Gasteiger partial charge is 0.479 e. The van der Waals surface area contributed by atoms with Gasteiger partial charge in [0.1, 0.15) is 11.5 Å². The summed E-state index contributed by atoms with van der Waals surface area (Å²) in [5.41, 5.74) is 0. The molecule has 0 radical (unpaired) electrons. The van der Waals surface area contributed by atoms with Crippen LogP contribution in [0, 0.1) is 0 Å². The zero-order valence-corrected chi connectivity index (χ0v) is 13.2. The second-order valence-electron chi connectivity index (χ2n) is 4.73. The molecule has 2 N–H and O–H groups in total.